The van der Waals surface area contributed by atoms with Gasteiger partial charge in [-0.25, -0.2) is 4.79 Å². The number of carbonyl (C=O) groups excluding carboxylic acids is 1. The summed E-state index contributed by atoms with van der Waals surface area (Å²) in [5.74, 6) is -0.232. The summed E-state index contributed by atoms with van der Waals surface area (Å²) in [5, 5.41) is 16.5. The number of piperidine rings is 1. The van der Waals surface area contributed by atoms with Crippen LogP contribution in [-0.2, 0) is 4.79 Å². The third-order valence-corrected chi connectivity index (χ3v) is 7.83. The number of carbonyl (C=O) groups is 1. The van der Waals surface area contributed by atoms with Gasteiger partial charge in [-0.2, -0.15) is 5.26 Å². The van der Waals surface area contributed by atoms with Crippen molar-refractivity contribution in [3.8, 4) is 6.07 Å². The molecule has 1 amide bonds. The number of rotatable bonds is 8. The highest BCUT2D eigenvalue weighted by Crippen LogP contribution is 2.29. The van der Waals surface area contributed by atoms with E-state index in [-0.39, 0.29) is 11.4 Å². The van der Waals surface area contributed by atoms with Gasteiger partial charge in [-0.3, -0.25) is 14.8 Å². The Balaban J connectivity index is 1.66. The molecule has 1 atom stereocenters. The maximum Gasteiger partial charge on any atom is 0.418 e. The maximum atomic E-state index is 13.9. The van der Waals surface area contributed by atoms with Crippen LogP contribution in [0.2, 0.25) is 0 Å². The number of hydrogen-bond donors (Lipinski definition) is 3. The van der Waals surface area contributed by atoms with E-state index in [0.717, 1.165) is 51.6 Å². The Bertz CT molecular complexity index is 1160. The minimum absolute atomic E-state index is 0.0818. The number of amides is 1. The highest BCUT2D eigenvalue weighted by atomic mass is 16.4. The molecule has 8 heteroatoms. The molecule has 0 bridgehead atoms. The summed E-state index contributed by atoms with van der Waals surface area (Å²) in [5.41, 5.74) is 0.531. The van der Waals surface area contributed by atoms with Gasteiger partial charge in [0, 0.05) is 12.0 Å². The zero-order chi connectivity index (χ0) is 25.2. The molecule has 1 aliphatic heterocycles. The van der Waals surface area contributed by atoms with Crippen molar-refractivity contribution >= 4 is 16.9 Å². The molecule has 36 heavy (non-hydrogen) atoms. The Morgan fingerprint density at radius 1 is 1.17 bits per heavy atom. The summed E-state index contributed by atoms with van der Waals surface area (Å²) in [6, 6.07) is 8.92. The van der Waals surface area contributed by atoms with Crippen molar-refractivity contribution in [1.29, 1.82) is 5.26 Å². The van der Waals surface area contributed by atoms with Gasteiger partial charge in [0.15, 0.2) is 0 Å². The summed E-state index contributed by atoms with van der Waals surface area (Å²) in [6.45, 7) is 1.69. The van der Waals surface area contributed by atoms with Gasteiger partial charge in [0.05, 0.1) is 11.5 Å². The van der Waals surface area contributed by atoms with E-state index < -0.39 is 11.8 Å². The van der Waals surface area contributed by atoms with Gasteiger partial charge in [0.1, 0.15) is 17.1 Å². The Hall–Kier alpha value is -2.92. The minimum atomic E-state index is -0.599. The van der Waals surface area contributed by atoms with Gasteiger partial charge in [0.25, 0.3) is 0 Å². The smallest absolute Gasteiger partial charge is 0.409 e. The minimum Gasteiger partial charge on any atom is -0.409 e. The van der Waals surface area contributed by atoms with Gasteiger partial charge in [-0.1, -0.05) is 57.1 Å². The summed E-state index contributed by atoms with van der Waals surface area (Å²) in [4.78, 5) is 33.8. The van der Waals surface area contributed by atoms with Crippen molar-refractivity contribution in [2.75, 3.05) is 13.1 Å². The highest BCUT2D eigenvalue weighted by molar-refractivity contribution is 5.83. The first kappa shape index (κ1) is 26.2. The van der Waals surface area contributed by atoms with Gasteiger partial charge in [-0.15, -0.1) is 0 Å². The number of H-pyrrole nitrogens is 1. The van der Waals surface area contributed by atoms with Crippen molar-refractivity contribution in [3.05, 3.63) is 40.3 Å². The number of para-hydroxylation sites is 1. The Morgan fingerprint density at radius 2 is 1.89 bits per heavy atom. The predicted octanol–water partition coefficient (Wildman–Crippen LogP) is 4.07. The predicted molar refractivity (Wildman–Crippen MR) is 139 cm³/mol. The molecule has 2 fully saturated rings. The van der Waals surface area contributed by atoms with Crippen molar-refractivity contribution in [3.63, 3.8) is 0 Å². The molecule has 2 aromatic rings. The number of aromatic nitrogens is 1. The summed E-state index contributed by atoms with van der Waals surface area (Å²) >= 11 is 0. The first-order chi connectivity index (χ1) is 17.6. The molecule has 1 saturated heterocycles. The molecule has 194 valence electrons. The van der Waals surface area contributed by atoms with Crippen LogP contribution in [0.3, 0.4) is 0 Å². The second-order valence-corrected chi connectivity index (χ2v) is 10.5. The fourth-order valence-electron chi connectivity index (χ4n) is 5.80. The molecule has 1 aromatic heterocycles. The highest BCUT2D eigenvalue weighted by Gasteiger charge is 2.35. The molecule has 3 N–H and O–H groups in total. The van der Waals surface area contributed by atoms with Gasteiger partial charge in [0.2, 0.25) is 5.91 Å². The number of hydrogen-bond acceptors (Lipinski definition) is 6. The molecule has 0 spiro atoms. The number of aromatic amines is 1. The average molecular weight is 494 g/mol. The summed E-state index contributed by atoms with van der Waals surface area (Å²) in [7, 11) is 0. The van der Waals surface area contributed by atoms with Crippen molar-refractivity contribution in [2.24, 2.45) is 10.9 Å². The normalized spacial score (nSPS) is 20.2. The zero-order valence-electron chi connectivity index (χ0n) is 21.2. The maximum absolute atomic E-state index is 13.9. The third-order valence-electron chi connectivity index (χ3n) is 7.83. The van der Waals surface area contributed by atoms with Crippen molar-refractivity contribution in [1.82, 2.24) is 15.6 Å². The van der Waals surface area contributed by atoms with E-state index in [1.54, 1.807) is 6.07 Å². The van der Waals surface area contributed by atoms with E-state index in [1.165, 1.54) is 32.1 Å². The summed E-state index contributed by atoms with van der Waals surface area (Å²) < 4.78 is 5.31. The van der Waals surface area contributed by atoms with Crippen LogP contribution in [0.1, 0.15) is 83.5 Å². The van der Waals surface area contributed by atoms with Crippen LogP contribution in [0.4, 0.5) is 0 Å². The molecule has 1 aliphatic carbocycles. The topological polar surface area (TPSA) is 123 Å². The van der Waals surface area contributed by atoms with E-state index in [0.29, 0.717) is 35.2 Å². The van der Waals surface area contributed by atoms with Gasteiger partial charge in [-0.05, 0) is 63.2 Å². The number of benzene rings is 1. The lowest BCUT2D eigenvalue weighted by Crippen LogP contribution is -2.56. The number of unbranched alkanes of at least 4 members (excludes halogenated alkanes) is 1. The number of fused-ring (bicyclic) bond motifs is 1. The van der Waals surface area contributed by atoms with Crippen LogP contribution in [0.5, 0.6) is 0 Å². The molecule has 8 nitrogen and oxygen atoms in total. The lowest BCUT2D eigenvalue weighted by molar-refractivity contribution is -0.125. The van der Waals surface area contributed by atoms with Crippen molar-refractivity contribution < 1.29 is 9.21 Å². The Morgan fingerprint density at radius 3 is 2.64 bits per heavy atom. The Kier molecular flexibility index (Phi) is 9.35. The molecule has 2 aliphatic rings. The first-order valence-electron chi connectivity index (χ1n) is 13.6. The van der Waals surface area contributed by atoms with Crippen molar-refractivity contribution in [2.45, 2.75) is 95.1 Å². The molecule has 1 unspecified atom stereocenters. The monoisotopic (exact) mass is 493 g/mol. The standard InChI is InChI=1S/C28H39N5O3/c29-17-9-8-14-28(15-18-30-19-16-28)33-26(34)23(20-21-10-4-2-1-3-5-11-21)31-25-22-12-6-7-13-24(22)36-27(35)32-25/h6-7,12-13,21,23,30H,1-5,8-11,14-16,18-20H2,(H,33,34)(H,31,32,35). The van der Waals surface area contributed by atoms with Crippen LogP contribution in [0.25, 0.3) is 11.0 Å². The summed E-state index contributed by atoms with van der Waals surface area (Å²) in [6.07, 6.45) is 12.8. The fraction of sp³-hybridized carbons (Fsp3) is 0.643. The second-order valence-electron chi connectivity index (χ2n) is 10.5. The third kappa shape index (κ3) is 7.07. The second kappa shape index (κ2) is 12.9. The molecule has 0 radical (unpaired) electrons. The van der Waals surface area contributed by atoms with Crippen LogP contribution in [0, 0.1) is 17.2 Å². The largest absolute Gasteiger partial charge is 0.418 e. The van der Waals surface area contributed by atoms with E-state index >= 15 is 0 Å². The van der Waals surface area contributed by atoms with Gasteiger partial charge >= 0.3 is 5.76 Å². The van der Waals surface area contributed by atoms with Crippen LogP contribution in [0.15, 0.2) is 38.5 Å². The molecule has 1 saturated carbocycles. The lowest BCUT2D eigenvalue weighted by Gasteiger charge is -2.39. The SMILES string of the molecule is N#CCCCC1(NC(=O)C(CC2CCCCCCC2)N=c2[nH]c(=O)oc3ccccc23)CCNCC1. The van der Waals surface area contributed by atoms with E-state index in [2.05, 4.69) is 21.7 Å². The van der Waals surface area contributed by atoms with Gasteiger partial charge < -0.3 is 15.1 Å². The van der Waals surface area contributed by atoms with Crippen LogP contribution < -0.4 is 21.9 Å². The first-order valence-corrected chi connectivity index (χ1v) is 13.6. The van der Waals surface area contributed by atoms with E-state index in [9.17, 15) is 9.59 Å². The number of nitrogens with zero attached hydrogens (tertiary/aromatic N) is 2. The van der Waals surface area contributed by atoms with Crippen LogP contribution >= 0.6 is 0 Å². The fourth-order valence-corrected chi connectivity index (χ4v) is 5.80. The molecular weight excluding hydrogens is 454 g/mol. The number of nitrogens with one attached hydrogen (secondary N) is 3. The quantitative estimate of drug-likeness (QED) is 0.478. The molecule has 1 aromatic carbocycles. The molecular formula is C28H39N5O3. The van der Waals surface area contributed by atoms with Crippen LogP contribution in [-0.4, -0.2) is 35.6 Å². The average Bonchev–Trinajstić information content (AvgIpc) is 2.85. The lowest BCUT2D eigenvalue weighted by atomic mass is 9.82. The zero-order valence-corrected chi connectivity index (χ0v) is 21.2. The van der Waals surface area contributed by atoms with E-state index in [1.807, 2.05) is 18.2 Å². The molecule has 4 rings (SSSR count). The molecule has 2 heterocycles. The Labute approximate surface area is 212 Å². The number of nitriles is 1. The van der Waals surface area contributed by atoms with E-state index in [4.69, 9.17) is 14.7 Å².